The summed E-state index contributed by atoms with van der Waals surface area (Å²) in [4.78, 5) is 10.3. The first kappa shape index (κ1) is 7.33. The molecule has 1 aromatic rings. The summed E-state index contributed by atoms with van der Waals surface area (Å²) in [5, 5.41) is 24.4. The third-order valence-electron chi connectivity index (χ3n) is 1.15. The van der Waals surface area contributed by atoms with Gasteiger partial charge in [-0.25, -0.2) is 4.79 Å². The lowest BCUT2D eigenvalue weighted by Gasteiger charge is -1.99. The number of aromatic carboxylic acids is 1. The predicted octanol–water partition coefficient (Wildman–Crippen LogP) is -0.0969. The van der Waals surface area contributed by atoms with Crippen LogP contribution in [0.2, 0.25) is 0 Å². The smallest absolute Gasteiger partial charge is 0.356 e. The lowest BCUT2D eigenvalue weighted by atomic mass is 10.3. The molecule has 0 aliphatic heterocycles. The fourth-order valence-corrected chi connectivity index (χ4v) is 0.652. The molecule has 58 valence electrons. The Morgan fingerprint density at radius 2 is 2.27 bits per heavy atom. The summed E-state index contributed by atoms with van der Waals surface area (Å²) in [6.45, 7) is 0. The Labute approximate surface area is 61.6 Å². The normalized spacial score (nSPS) is 9.45. The van der Waals surface area contributed by atoms with E-state index in [-0.39, 0.29) is 11.1 Å². The van der Waals surface area contributed by atoms with Gasteiger partial charge in [-0.1, -0.05) is 0 Å². The summed E-state index contributed by atoms with van der Waals surface area (Å²) >= 11 is 0. The van der Waals surface area contributed by atoms with Gasteiger partial charge >= 0.3 is 5.97 Å². The summed E-state index contributed by atoms with van der Waals surface area (Å²) in [6, 6.07) is 2.34. The SMILES string of the molecule is N=c1ccn(O)c(C(=O)O)c1. The van der Waals surface area contributed by atoms with Crippen molar-refractivity contribution >= 4 is 5.97 Å². The summed E-state index contributed by atoms with van der Waals surface area (Å²) in [7, 11) is 0. The molecular formula is C6H6N2O3. The largest absolute Gasteiger partial charge is 0.476 e. The highest BCUT2D eigenvalue weighted by Crippen LogP contribution is 1.91. The second-order valence-corrected chi connectivity index (χ2v) is 1.95. The summed E-state index contributed by atoms with van der Waals surface area (Å²) in [5.41, 5.74) is -0.322. The first-order chi connectivity index (χ1) is 5.11. The Hall–Kier alpha value is -1.78. The number of carbonyl (C=O) groups is 1. The first-order valence-electron chi connectivity index (χ1n) is 2.81. The molecule has 0 fully saturated rings. The van der Waals surface area contributed by atoms with E-state index in [1.165, 1.54) is 6.07 Å². The van der Waals surface area contributed by atoms with Gasteiger partial charge in [-0.2, -0.15) is 4.73 Å². The monoisotopic (exact) mass is 154 g/mol. The molecule has 0 unspecified atom stereocenters. The van der Waals surface area contributed by atoms with Gasteiger partial charge in [0.25, 0.3) is 0 Å². The van der Waals surface area contributed by atoms with Gasteiger partial charge in [-0.15, -0.1) is 0 Å². The Morgan fingerprint density at radius 3 is 2.73 bits per heavy atom. The van der Waals surface area contributed by atoms with Crippen LogP contribution in [0.1, 0.15) is 10.5 Å². The fraction of sp³-hybridized carbons (Fsp3) is 0. The number of rotatable bonds is 1. The van der Waals surface area contributed by atoms with Gasteiger partial charge in [0, 0.05) is 6.20 Å². The van der Waals surface area contributed by atoms with E-state index in [1.54, 1.807) is 0 Å². The number of hydrogen-bond acceptors (Lipinski definition) is 3. The Morgan fingerprint density at radius 1 is 1.64 bits per heavy atom. The quantitative estimate of drug-likeness (QED) is 0.494. The molecule has 0 aliphatic rings. The van der Waals surface area contributed by atoms with Crippen LogP contribution >= 0.6 is 0 Å². The number of aromatic nitrogens is 1. The minimum atomic E-state index is -1.26. The van der Waals surface area contributed by atoms with Gasteiger partial charge in [0.2, 0.25) is 0 Å². The van der Waals surface area contributed by atoms with Crippen LogP contribution in [-0.2, 0) is 0 Å². The van der Waals surface area contributed by atoms with Crippen LogP contribution in [0.25, 0.3) is 0 Å². The third-order valence-corrected chi connectivity index (χ3v) is 1.15. The molecule has 0 atom stereocenters. The predicted molar refractivity (Wildman–Crippen MR) is 34.4 cm³/mol. The van der Waals surface area contributed by atoms with Gasteiger partial charge in [0.05, 0.1) is 5.36 Å². The van der Waals surface area contributed by atoms with E-state index in [9.17, 15) is 4.79 Å². The Kier molecular flexibility index (Phi) is 1.63. The van der Waals surface area contributed by atoms with Crippen molar-refractivity contribution < 1.29 is 15.1 Å². The van der Waals surface area contributed by atoms with Crippen LogP contribution in [0.3, 0.4) is 0 Å². The van der Waals surface area contributed by atoms with E-state index in [1.807, 2.05) is 0 Å². The average molecular weight is 154 g/mol. The van der Waals surface area contributed by atoms with Crippen LogP contribution < -0.4 is 5.36 Å². The van der Waals surface area contributed by atoms with Crippen LogP contribution in [0.4, 0.5) is 0 Å². The van der Waals surface area contributed by atoms with Crippen LogP contribution in [0.5, 0.6) is 0 Å². The Bertz CT molecular complexity index is 342. The maximum Gasteiger partial charge on any atom is 0.356 e. The topological polar surface area (TPSA) is 86.3 Å². The van der Waals surface area contributed by atoms with Crippen LogP contribution in [0.15, 0.2) is 18.3 Å². The molecular weight excluding hydrogens is 148 g/mol. The van der Waals surface area contributed by atoms with E-state index in [2.05, 4.69) is 0 Å². The van der Waals surface area contributed by atoms with E-state index in [0.29, 0.717) is 4.73 Å². The van der Waals surface area contributed by atoms with Crippen molar-refractivity contribution in [1.29, 1.82) is 5.41 Å². The molecule has 0 aliphatic carbocycles. The van der Waals surface area contributed by atoms with E-state index in [4.69, 9.17) is 15.7 Å². The van der Waals surface area contributed by atoms with Gasteiger partial charge in [-0.05, 0) is 12.1 Å². The third kappa shape index (κ3) is 1.37. The van der Waals surface area contributed by atoms with Crippen molar-refractivity contribution in [3.63, 3.8) is 0 Å². The first-order valence-corrected chi connectivity index (χ1v) is 2.81. The number of nitrogens with one attached hydrogen (secondary N) is 1. The minimum absolute atomic E-state index is 0.0488. The van der Waals surface area contributed by atoms with Gasteiger partial charge in [0.15, 0.2) is 5.69 Å². The molecule has 0 amide bonds. The van der Waals surface area contributed by atoms with Crippen molar-refractivity contribution in [3.8, 4) is 0 Å². The zero-order valence-electron chi connectivity index (χ0n) is 5.48. The zero-order valence-corrected chi connectivity index (χ0v) is 5.48. The molecule has 1 heterocycles. The maximum atomic E-state index is 10.3. The molecule has 5 heteroatoms. The van der Waals surface area contributed by atoms with E-state index in [0.717, 1.165) is 12.3 Å². The number of nitrogens with zero attached hydrogens (tertiary/aromatic N) is 1. The molecule has 0 radical (unpaired) electrons. The lowest BCUT2D eigenvalue weighted by Crippen LogP contribution is -2.13. The van der Waals surface area contributed by atoms with Gasteiger partial charge in [-0.3, -0.25) is 0 Å². The molecule has 1 aromatic heterocycles. The molecule has 1 rings (SSSR count). The standard InChI is InChI=1S/C6H6N2O3/c7-4-1-2-8(11)5(3-4)6(9)10/h1-3,7,11H,(H,9,10). The molecule has 11 heavy (non-hydrogen) atoms. The van der Waals surface area contributed by atoms with E-state index < -0.39 is 5.97 Å². The van der Waals surface area contributed by atoms with Crippen LogP contribution in [-0.4, -0.2) is 21.0 Å². The number of pyridine rings is 1. The molecule has 5 nitrogen and oxygen atoms in total. The second-order valence-electron chi connectivity index (χ2n) is 1.95. The minimum Gasteiger partial charge on any atom is -0.476 e. The maximum absolute atomic E-state index is 10.3. The summed E-state index contributed by atoms with van der Waals surface area (Å²) in [6.07, 6.45) is 1.10. The van der Waals surface area contributed by atoms with Crippen molar-refractivity contribution in [2.75, 3.05) is 0 Å². The number of carboxylic acid groups (broad SMARTS) is 1. The molecule has 0 saturated carbocycles. The van der Waals surface area contributed by atoms with Gasteiger partial charge < -0.3 is 15.7 Å². The second kappa shape index (κ2) is 2.45. The zero-order chi connectivity index (χ0) is 8.43. The molecule has 0 bridgehead atoms. The summed E-state index contributed by atoms with van der Waals surface area (Å²) < 4.78 is 0.459. The van der Waals surface area contributed by atoms with Crippen LogP contribution in [0, 0.1) is 5.41 Å². The van der Waals surface area contributed by atoms with Crippen molar-refractivity contribution in [3.05, 3.63) is 29.4 Å². The molecule has 0 spiro atoms. The van der Waals surface area contributed by atoms with Gasteiger partial charge in [0.1, 0.15) is 0 Å². The van der Waals surface area contributed by atoms with Crippen molar-refractivity contribution in [1.82, 2.24) is 4.73 Å². The fourth-order valence-electron chi connectivity index (χ4n) is 0.652. The highest BCUT2D eigenvalue weighted by atomic mass is 16.5. The number of carboxylic acids is 1. The highest BCUT2D eigenvalue weighted by molar-refractivity contribution is 5.85. The lowest BCUT2D eigenvalue weighted by molar-refractivity contribution is 0.0639. The molecule has 3 N–H and O–H groups in total. The van der Waals surface area contributed by atoms with Crippen molar-refractivity contribution in [2.45, 2.75) is 0 Å². The molecule has 0 saturated heterocycles. The Balaban J connectivity index is 3.35. The molecule has 0 aromatic carbocycles. The number of hydrogen-bond donors (Lipinski definition) is 3. The summed E-state index contributed by atoms with van der Waals surface area (Å²) in [5.74, 6) is -1.26. The highest BCUT2D eigenvalue weighted by Gasteiger charge is 2.05. The van der Waals surface area contributed by atoms with Crippen molar-refractivity contribution in [2.24, 2.45) is 0 Å². The average Bonchev–Trinajstić information content (AvgIpc) is 1.94. The van der Waals surface area contributed by atoms with E-state index >= 15 is 0 Å².